The van der Waals surface area contributed by atoms with Crippen molar-refractivity contribution in [1.82, 2.24) is 15.8 Å². The van der Waals surface area contributed by atoms with Crippen molar-refractivity contribution < 1.29 is 19.2 Å². The molecule has 1 atom stereocenters. The van der Waals surface area contributed by atoms with Gasteiger partial charge in [-0.3, -0.25) is 14.6 Å². The minimum atomic E-state index is -0.881. The first-order chi connectivity index (χ1) is 13.8. The summed E-state index contributed by atoms with van der Waals surface area (Å²) >= 11 is 0. The fourth-order valence-corrected chi connectivity index (χ4v) is 2.45. The van der Waals surface area contributed by atoms with Gasteiger partial charge in [-0.25, -0.2) is 10.3 Å². The number of nitrogens with one attached hydrogen (secondary N) is 2. The van der Waals surface area contributed by atoms with E-state index in [9.17, 15) is 9.59 Å². The monoisotopic (exact) mass is 400 g/mol. The quantitative estimate of drug-likeness (QED) is 0.585. The minimum absolute atomic E-state index is 0.183. The molecule has 2 aromatic rings. The Morgan fingerprint density at radius 2 is 1.79 bits per heavy atom. The number of ether oxygens (including phenoxy) is 1. The maximum Gasteiger partial charge on any atom is 0.408 e. The van der Waals surface area contributed by atoms with E-state index < -0.39 is 23.6 Å². The molecule has 0 spiro atoms. The molecule has 4 N–H and O–H groups in total. The van der Waals surface area contributed by atoms with Gasteiger partial charge in [0.05, 0.1) is 6.61 Å². The third kappa shape index (κ3) is 8.28. The number of rotatable bonds is 8. The largest absolute Gasteiger partial charge is 0.444 e. The maximum absolute atomic E-state index is 12.6. The van der Waals surface area contributed by atoms with Crippen molar-refractivity contribution in [3.05, 3.63) is 65.5 Å². The summed E-state index contributed by atoms with van der Waals surface area (Å²) in [5.41, 5.74) is 9.98. The molecule has 156 valence electrons. The molecule has 1 aromatic heterocycles. The molecule has 8 heteroatoms. The molecule has 0 unspecified atom stereocenters. The predicted molar refractivity (Wildman–Crippen MR) is 108 cm³/mol. The van der Waals surface area contributed by atoms with Gasteiger partial charge in [0.25, 0.3) is 5.91 Å². The zero-order chi connectivity index (χ0) is 21.3. The highest BCUT2D eigenvalue weighted by Crippen LogP contribution is 2.09. The van der Waals surface area contributed by atoms with Gasteiger partial charge in [0.15, 0.2) is 0 Å². The summed E-state index contributed by atoms with van der Waals surface area (Å²) in [5, 5.41) is 2.59. The van der Waals surface area contributed by atoms with E-state index >= 15 is 0 Å². The molecule has 0 aliphatic carbocycles. The first kappa shape index (κ1) is 22.3. The van der Waals surface area contributed by atoms with Gasteiger partial charge in [-0.15, -0.1) is 0 Å². The van der Waals surface area contributed by atoms with Crippen LogP contribution in [-0.4, -0.2) is 28.6 Å². The average molecular weight is 400 g/mol. The van der Waals surface area contributed by atoms with Gasteiger partial charge in [-0.1, -0.05) is 30.3 Å². The third-order valence-electron chi connectivity index (χ3n) is 3.84. The third-order valence-corrected chi connectivity index (χ3v) is 3.84. The number of nitrogens with two attached hydrogens (primary N) is 1. The highest BCUT2D eigenvalue weighted by Gasteiger charge is 2.25. The number of pyridine rings is 1. The molecule has 0 aliphatic heterocycles. The summed E-state index contributed by atoms with van der Waals surface area (Å²) in [5.74, 6) is -0.488. The zero-order valence-electron chi connectivity index (χ0n) is 17.0. The van der Waals surface area contributed by atoms with Gasteiger partial charge in [0.1, 0.15) is 11.6 Å². The van der Waals surface area contributed by atoms with Gasteiger partial charge < -0.3 is 15.8 Å². The first-order valence-corrected chi connectivity index (χ1v) is 9.35. The molecule has 1 heterocycles. The number of nitrogens with zero attached hydrogens (tertiary/aromatic N) is 1. The molecule has 0 fully saturated rings. The fraction of sp³-hybridized carbons (Fsp3) is 0.381. The molecule has 0 aliphatic rings. The summed E-state index contributed by atoms with van der Waals surface area (Å²) in [6, 6.07) is 10.3. The second kappa shape index (κ2) is 10.5. The van der Waals surface area contributed by atoms with E-state index in [0.717, 1.165) is 16.7 Å². The molecule has 1 aromatic carbocycles. The van der Waals surface area contributed by atoms with Crippen LogP contribution in [0.4, 0.5) is 4.79 Å². The van der Waals surface area contributed by atoms with Crippen LogP contribution >= 0.6 is 0 Å². The van der Waals surface area contributed by atoms with Crippen molar-refractivity contribution in [3.8, 4) is 0 Å². The lowest BCUT2D eigenvalue weighted by atomic mass is 10.1. The van der Waals surface area contributed by atoms with Crippen molar-refractivity contribution in [3.63, 3.8) is 0 Å². The van der Waals surface area contributed by atoms with Gasteiger partial charge >= 0.3 is 6.09 Å². The lowest BCUT2D eigenvalue weighted by Crippen LogP contribution is -2.49. The van der Waals surface area contributed by atoms with Crippen molar-refractivity contribution in [2.24, 2.45) is 5.73 Å². The van der Waals surface area contributed by atoms with E-state index in [1.165, 1.54) is 0 Å². The van der Waals surface area contributed by atoms with E-state index in [1.54, 1.807) is 39.2 Å². The number of hydrogen-bond donors (Lipinski definition) is 3. The Hall–Kier alpha value is -2.97. The second-order valence-electron chi connectivity index (χ2n) is 7.54. The Bertz CT molecular complexity index is 789. The highest BCUT2D eigenvalue weighted by molar-refractivity contribution is 5.85. The molecule has 0 saturated carbocycles. The van der Waals surface area contributed by atoms with Crippen LogP contribution in [-0.2, 0) is 33.9 Å². The smallest absolute Gasteiger partial charge is 0.408 e. The van der Waals surface area contributed by atoms with Gasteiger partial charge in [-0.2, -0.15) is 0 Å². The van der Waals surface area contributed by atoms with E-state index in [1.807, 2.05) is 30.3 Å². The van der Waals surface area contributed by atoms with E-state index in [4.69, 9.17) is 15.3 Å². The number of amides is 2. The molecule has 2 rings (SSSR count). The van der Waals surface area contributed by atoms with E-state index in [0.29, 0.717) is 6.54 Å². The van der Waals surface area contributed by atoms with Crippen LogP contribution in [0.25, 0.3) is 0 Å². The first-order valence-electron chi connectivity index (χ1n) is 9.35. The molecular formula is C21H28N4O4. The lowest BCUT2D eigenvalue weighted by molar-refractivity contribution is -0.136. The maximum atomic E-state index is 12.6. The van der Waals surface area contributed by atoms with Gasteiger partial charge in [0, 0.05) is 25.4 Å². The molecular weight excluding hydrogens is 372 g/mol. The fourth-order valence-electron chi connectivity index (χ4n) is 2.45. The summed E-state index contributed by atoms with van der Waals surface area (Å²) in [7, 11) is 0. The van der Waals surface area contributed by atoms with Crippen molar-refractivity contribution >= 4 is 12.0 Å². The number of alkyl carbamates (subject to hydrolysis) is 1. The van der Waals surface area contributed by atoms with Crippen LogP contribution in [0.2, 0.25) is 0 Å². The number of hydrogen-bond acceptors (Lipinski definition) is 6. The summed E-state index contributed by atoms with van der Waals surface area (Å²) < 4.78 is 5.25. The number of aromatic nitrogens is 1. The molecule has 0 bridgehead atoms. The lowest BCUT2D eigenvalue weighted by Gasteiger charge is -2.23. The van der Waals surface area contributed by atoms with E-state index in [-0.39, 0.29) is 13.0 Å². The summed E-state index contributed by atoms with van der Waals surface area (Å²) in [6.07, 6.45) is 2.84. The van der Waals surface area contributed by atoms with E-state index in [2.05, 4.69) is 15.8 Å². The Morgan fingerprint density at radius 1 is 1.10 bits per heavy atom. The Labute approximate surface area is 170 Å². The SMILES string of the molecule is CC(C)(C)OC(=O)N[C@H](Cc1cccnc1)C(=O)NOCc1ccc(CN)cc1. The summed E-state index contributed by atoms with van der Waals surface area (Å²) in [6.45, 7) is 5.90. The van der Waals surface area contributed by atoms with Crippen molar-refractivity contribution in [2.45, 2.75) is 52.0 Å². The van der Waals surface area contributed by atoms with Gasteiger partial charge in [-0.05, 0) is 43.5 Å². The topological polar surface area (TPSA) is 116 Å². The minimum Gasteiger partial charge on any atom is -0.444 e. The van der Waals surface area contributed by atoms with Crippen molar-refractivity contribution in [1.29, 1.82) is 0 Å². The number of hydroxylamine groups is 1. The molecule has 2 amide bonds. The average Bonchev–Trinajstić information content (AvgIpc) is 2.67. The van der Waals surface area contributed by atoms with Crippen LogP contribution in [0.3, 0.4) is 0 Å². The van der Waals surface area contributed by atoms with Crippen molar-refractivity contribution in [2.75, 3.05) is 0 Å². The predicted octanol–water partition coefficient (Wildman–Crippen LogP) is 2.22. The Balaban J connectivity index is 1.96. The standard InChI is InChI=1S/C21H28N4O4/c1-21(2,3)29-20(27)24-18(11-17-5-4-10-23-13-17)19(26)25-28-14-16-8-6-15(12-22)7-9-16/h4-10,13,18H,11-12,14,22H2,1-3H3,(H,24,27)(H,25,26)/t18-/m1/s1. The number of carbonyl (C=O) groups excluding carboxylic acids is 2. The normalized spacial score (nSPS) is 12.1. The van der Waals surface area contributed by atoms with Crippen LogP contribution in [0.1, 0.15) is 37.5 Å². The Morgan fingerprint density at radius 3 is 2.38 bits per heavy atom. The number of benzene rings is 1. The molecule has 29 heavy (non-hydrogen) atoms. The zero-order valence-corrected chi connectivity index (χ0v) is 17.0. The van der Waals surface area contributed by atoms with Crippen LogP contribution in [0.5, 0.6) is 0 Å². The van der Waals surface area contributed by atoms with Crippen LogP contribution in [0, 0.1) is 0 Å². The second-order valence-corrected chi connectivity index (χ2v) is 7.54. The van der Waals surface area contributed by atoms with Gasteiger partial charge in [0.2, 0.25) is 0 Å². The molecule has 0 saturated heterocycles. The molecule has 0 radical (unpaired) electrons. The highest BCUT2D eigenvalue weighted by atomic mass is 16.7. The Kier molecular flexibility index (Phi) is 8.11. The molecule has 8 nitrogen and oxygen atoms in total. The summed E-state index contributed by atoms with van der Waals surface area (Å²) in [4.78, 5) is 34.1. The van der Waals surface area contributed by atoms with Crippen LogP contribution in [0.15, 0.2) is 48.8 Å². The number of carbonyl (C=O) groups is 2. The van der Waals surface area contributed by atoms with Crippen LogP contribution < -0.4 is 16.5 Å².